The molecule has 3 heterocycles. The molecule has 108 valence electrons. The van der Waals surface area contributed by atoms with Gasteiger partial charge in [-0.15, -0.1) is 0 Å². The first-order chi connectivity index (χ1) is 9.72. The average Bonchev–Trinajstić information content (AvgIpc) is 3.03. The number of likely N-dealkylation sites (tertiary alicyclic amines) is 1. The summed E-state index contributed by atoms with van der Waals surface area (Å²) in [6, 6.07) is 1.39. The van der Waals surface area contributed by atoms with E-state index in [4.69, 9.17) is 9.47 Å². The summed E-state index contributed by atoms with van der Waals surface area (Å²) in [4.78, 5) is 17.9. The van der Waals surface area contributed by atoms with Gasteiger partial charge < -0.3 is 14.4 Å². The number of hydrogen-bond acceptors (Lipinski definition) is 4. The first-order valence-electron chi connectivity index (χ1n) is 6.82. The van der Waals surface area contributed by atoms with Crippen LogP contribution in [0.5, 0.6) is 0 Å². The Labute approximate surface area is 116 Å². The second-order valence-electron chi connectivity index (χ2n) is 5.08. The van der Waals surface area contributed by atoms with Gasteiger partial charge in [0, 0.05) is 25.3 Å². The summed E-state index contributed by atoms with van der Waals surface area (Å²) in [5.41, 5.74) is 0.0581. The Balaban J connectivity index is 1.83. The monoisotopic (exact) mass is 280 g/mol. The highest BCUT2D eigenvalue weighted by molar-refractivity contribution is 5.94. The molecule has 2 aliphatic heterocycles. The van der Waals surface area contributed by atoms with E-state index in [1.165, 1.54) is 12.3 Å². The van der Waals surface area contributed by atoms with Gasteiger partial charge in [0.25, 0.3) is 5.91 Å². The zero-order valence-electron chi connectivity index (χ0n) is 11.3. The lowest BCUT2D eigenvalue weighted by Crippen LogP contribution is -2.38. The fourth-order valence-corrected chi connectivity index (χ4v) is 3.03. The number of aromatic nitrogens is 1. The lowest BCUT2D eigenvalue weighted by atomic mass is 10.0. The summed E-state index contributed by atoms with van der Waals surface area (Å²) >= 11 is 0. The van der Waals surface area contributed by atoms with Crippen LogP contribution in [-0.4, -0.2) is 54.3 Å². The van der Waals surface area contributed by atoms with Crippen molar-refractivity contribution in [1.29, 1.82) is 0 Å². The Morgan fingerprint density at radius 3 is 3.20 bits per heavy atom. The molecule has 0 saturated carbocycles. The van der Waals surface area contributed by atoms with Crippen LogP contribution in [0.4, 0.5) is 4.39 Å². The van der Waals surface area contributed by atoms with Crippen LogP contribution in [0.2, 0.25) is 0 Å². The molecule has 6 heteroatoms. The van der Waals surface area contributed by atoms with Gasteiger partial charge in [0.15, 0.2) is 5.82 Å². The van der Waals surface area contributed by atoms with Crippen LogP contribution in [0.25, 0.3) is 0 Å². The van der Waals surface area contributed by atoms with Gasteiger partial charge in [0.2, 0.25) is 0 Å². The van der Waals surface area contributed by atoms with Gasteiger partial charge in [-0.1, -0.05) is 0 Å². The topological polar surface area (TPSA) is 51.7 Å². The summed E-state index contributed by atoms with van der Waals surface area (Å²) in [6.07, 6.45) is 2.46. The number of fused-ring (bicyclic) bond motifs is 1. The third-order valence-corrected chi connectivity index (χ3v) is 3.99. The van der Waals surface area contributed by atoms with E-state index in [0.717, 1.165) is 6.20 Å². The number of carbonyl (C=O) groups is 1. The van der Waals surface area contributed by atoms with Crippen LogP contribution in [0.3, 0.4) is 0 Å². The van der Waals surface area contributed by atoms with E-state index in [9.17, 15) is 9.18 Å². The molecule has 3 rings (SSSR count). The molecule has 2 saturated heterocycles. The molecule has 1 aromatic rings. The molecule has 5 nitrogen and oxygen atoms in total. The van der Waals surface area contributed by atoms with Crippen molar-refractivity contribution in [3.05, 3.63) is 29.8 Å². The number of carbonyl (C=O) groups excluding carboxylic acids is 1. The van der Waals surface area contributed by atoms with E-state index >= 15 is 0 Å². The highest BCUT2D eigenvalue weighted by Gasteiger charge is 2.48. The third-order valence-electron chi connectivity index (χ3n) is 3.99. The van der Waals surface area contributed by atoms with Crippen molar-refractivity contribution in [1.82, 2.24) is 9.88 Å². The molecule has 0 bridgehead atoms. The highest BCUT2D eigenvalue weighted by atomic mass is 19.1. The molecular formula is C14H17FN2O3. The van der Waals surface area contributed by atoms with Crippen molar-refractivity contribution in [2.45, 2.75) is 19.1 Å². The zero-order chi connectivity index (χ0) is 14.1. The summed E-state index contributed by atoms with van der Waals surface area (Å²) in [5, 5.41) is 0. The maximum absolute atomic E-state index is 13.7. The predicted molar refractivity (Wildman–Crippen MR) is 68.7 cm³/mol. The summed E-state index contributed by atoms with van der Waals surface area (Å²) in [7, 11) is 0. The Morgan fingerprint density at radius 2 is 2.45 bits per heavy atom. The number of pyridine rings is 1. The lowest BCUT2D eigenvalue weighted by molar-refractivity contribution is 0.0256. The number of amides is 1. The fraction of sp³-hybridized carbons (Fsp3) is 0.571. The van der Waals surface area contributed by atoms with Crippen LogP contribution in [-0.2, 0) is 9.47 Å². The van der Waals surface area contributed by atoms with Crippen LogP contribution in [0.15, 0.2) is 18.5 Å². The Bertz CT molecular complexity index is 511. The first-order valence-corrected chi connectivity index (χ1v) is 6.82. The van der Waals surface area contributed by atoms with E-state index in [1.807, 2.05) is 6.92 Å². The van der Waals surface area contributed by atoms with Crippen molar-refractivity contribution in [2.24, 2.45) is 5.92 Å². The molecule has 2 aliphatic rings. The molecule has 20 heavy (non-hydrogen) atoms. The van der Waals surface area contributed by atoms with Gasteiger partial charge >= 0.3 is 0 Å². The molecule has 1 amide bonds. The van der Waals surface area contributed by atoms with E-state index in [1.54, 1.807) is 4.90 Å². The standard InChI is InChI=1S/C14H17FN2O3/c1-2-20-13-6-17(12-8-19-7-10(12)13)14(18)9-3-4-16-5-11(9)15/h3-5,10,12-13H,2,6-8H2,1H3/t10-,12+,13-/m1/s1. The van der Waals surface area contributed by atoms with Crippen molar-refractivity contribution >= 4 is 5.91 Å². The minimum Gasteiger partial charge on any atom is -0.379 e. The van der Waals surface area contributed by atoms with Crippen molar-refractivity contribution in [3.8, 4) is 0 Å². The van der Waals surface area contributed by atoms with E-state index in [2.05, 4.69) is 4.98 Å². The number of rotatable bonds is 3. The van der Waals surface area contributed by atoms with Crippen molar-refractivity contribution in [3.63, 3.8) is 0 Å². The fourth-order valence-electron chi connectivity index (χ4n) is 3.03. The lowest BCUT2D eigenvalue weighted by Gasteiger charge is -2.22. The van der Waals surface area contributed by atoms with Gasteiger partial charge in [0.1, 0.15) is 0 Å². The Morgan fingerprint density at radius 1 is 1.60 bits per heavy atom. The number of nitrogens with zero attached hydrogens (tertiary/aromatic N) is 2. The molecule has 0 aliphatic carbocycles. The summed E-state index contributed by atoms with van der Waals surface area (Å²) in [6.45, 7) is 4.11. The van der Waals surface area contributed by atoms with E-state index < -0.39 is 5.82 Å². The number of hydrogen-bond donors (Lipinski definition) is 0. The normalized spacial score (nSPS) is 28.7. The van der Waals surface area contributed by atoms with Gasteiger partial charge in [-0.05, 0) is 13.0 Å². The Kier molecular flexibility index (Phi) is 3.67. The van der Waals surface area contributed by atoms with Gasteiger partial charge in [0.05, 0.1) is 37.1 Å². The molecule has 3 atom stereocenters. The second-order valence-corrected chi connectivity index (χ2v) is 5.08. The van der Waals surface area contributed by atoms with Crippen molar-refractivity contribution in [2.75, 3.05) is 26.4 Å². The zero-order valence-corrected chi connectivity index (χ0v) is 11.3. The average molecular weight is 280 g/mol. The maximum atomic E-state index is 13.7. The van der Waals surface area contributed by atoms with E-state index in [-0.39, 0.29) is 29.5 Å². The Hall–Kier alpha value is -1.53. The molecule has 0 N–H and O–H groups in total. The third kappa shape index (κ3) is 2.19. The van der Waals surface area contributed by atoms with Gasteiger partial charge in [-0.25, -0.2) is 4.39 Å². The minimum atomic E-state index is -0.590. The largest absolute Gasteiger partial charge is 0.379 e. The summed E-state index contributed by atoms with van der Waals surface area (Å²) < 4.78 is 24.8. The first kappa shape index (κ1) is 13.5. The van der Waals surface area contributed by atoms with Crippen LogP contribution >= 0.6 is 0 Å². The molecule has 0 aromatic carbocycles. The molecule has 2 fully saturated rings. The molecule has 0 unspecified atom stereocenters. The van der Waals surface area contributed by atoms with Gasteiger partial charge in [-0.2, -0.15) is 0 Å². The highest BCUT2D eigenvalue weighted by Crippen LogP contribution is 2.33. The van der Waals surface area contributed by atoms with Crippen LogP contribution in [0.1, 0.15) is 17.3 Å². The van der Waals surface area contributed by atoms with Crippen LogP contribution in [0, 0.1) is 11.7 Å². The number of ether oxygens (including phenoxy) is 2. The number of halogens is 1. The van der Waals surface area contributed by atoms with Crippen molar-refractivity contribution < 1.29 is 18.7 Å². The molecular weight excluding hydrogens is 263 g/mol. The smallest absolute Gasteiger partial charge is 0.257 e. The second kappa shape index (κ2) is 5.46. The minimum absolute atomic E-state index is 0.0217. The van der Waals surface area contributed by atoms with Gasteiger partial charge in [-0.3, -0.25) is 9.78 Å². The molecule has 0 radical (unpaired) electrons. The van der Waals surface area contributed by atoms with Crippen LogP contribution < -0.4 is 0 Å². The molecule has 1 aromatic heterocycles. The predicted octanol–water partition coefficient (Wildman–Crippen LogP) is 1.10. The quantitative estimate of drug-likeness (QED) is 0.832. The van der Waals surface area contributed by atoms with E-state index in [0.29, 0.717) is 26.4 Å². The maximum Gasteiger partial charge on any atom is 0.257 e. The summed E-state index contributed by atoms with van der Waals surface area (Å²) in [5.74, 6) is -0.718. The SMILES string of the molecule is CCO[C@@H]1CN(C(=O)c2ccncc2F)[C@H]2COC[C@@H]12. The molecule has 0 spiro atoms.